The highest BCUT2D eigenvalue weighted by molar-refractivity contribution is 5.99. The van der Waals surface area contributed by atoms with Crippen LogP contribution in [0.25, 0.3) is 5.69 Å². The Kier molecular flexibility index (Phi) is 5.26. The van der Waals surface area contributed by atoms with Crippen molar-refractivity contribution in [1.29, 1.82) is 0 Å². The van der Waals surface area contributed by atoms with Gasteiger partial charge in [0.25, 0.3) is 5.91 Å². The van der Waals surface area contributed by atoms with Gasteiger partial charge in [-0.05, 0) is 42.3 Å². The van der Waals surface area contributed by atoms with Gasteiger partial charge in [0.05, 0.1) is 17.9 Å². The maximum absolute atomic E-state index is 12.9. The van der Waals surface area contributed by atoms with E-state index < -0.39 is 6.10 Å². The number of hydrogen-bond donors (Lipinski definition) is 2. The zero-order valence-electron chi connectivity index (χ0n) is 17.1. The molecule has 0 aliphatic carbocycles. The van der Waals surface area contributed by atoms with E-state index in [4.69, 9.17) is 4.74 Å². The minimum Gasteiger partial charge on any atom is -0.477 e. The van der Waals surface area contributed by atoms with E-state index in [2.05, 4.69) is 37.8 Å². The number of ether oxygens (including phenoxy) is 1. The Morgan fingerprint density at radius 3 is 2.84 bits per heavy atom. The summed E-state index contributed by atoms with van der Waals surface area (Å²) >= 11 is 0. The molecule has 2 aliphatic rings. The maximum Gasteiger partial charge on any atom is 0.269 e. The lowest BCUT2D eigenvalue weighted by atomic mass is 10.1. The third kappa shape index (κ3) is 4.23. The van der Waals surface area contributed by atoms with Gasteiger partial charge in [0.2, 0.25) is 0 Å². The van der Waals surface area contributed by atoms with Gasteiger partial charge in [-0.25, -0.2) is 4.68 Å². The van der Waals surface area contributed by atoms with Gasteiger partial charge in [-0.3, -0.25) is 15.1 Å². The molecule has 1 atom stereocenters. The van der Waals surface area contributed by atoms with Crippen LogP contribution >= 0.6 is 0 Å². The Labute approximate surface area is 182 Å². The molecule has 0 spiro atoms. The summed E-state index contributed by atoms with van der Waals surface area (Å²) in [5.74, 6) is 1.04. The van der Waals surface area contributed by atoms with Gasteiger partial charge < -0.3 is 15.0 Å². The SMILES string of the molecule is O=C(NC1=NCCCN1)C1CN(Cc2ccc(-n3cccn3)cc2)c2ccccc2O1.[HH]. The molecule has 0 saturated heterocycles. The van der Waals surface area contributed by atoms with Crippen LogP contribution in [0.15, 0.2) is 72.0 Å². The van der Waals surface area contributed by atoms with Crippen LogP contribution in [0, 0.1) is 0 Å². The summed E-state index contributed by atoms with van der Waals surface area (Å²) in [6, 6.07) is 18.0. The lowest BCUT2D eigenvalue weighted by Gasteiger charge is -2.35. The summed E-state index contributed by atoms with van der Waals surface area (Å²) in [6.45, 7) is 2.66. The molecule has 0 radical (unpaired) electrons. The topological polar surface area (TPSA) is 83.8 Å². The first-order valence-corrected chi connectivity index (χ1v) is 10.4. The lowest BCUT2D eigenvalue weighted by molar-refractivity contribution is -0.126. The van der Waals surface area contributed by atoms with E-state index in [1.54, 1.807) is 6.20 Å². The molecule has 31 heavy (non-hydrogen) atoms. The molecule has 1 amide bonds. The summed E-state index contributed by atoms with van der Waals surface area (Å²) in [4.78, 5) is 19.4. The maximum atomic E-state index is 12.9. The van der Waals surface area contributed by atoms with Crippen LogP contribution < -0.4 is 20.3 Å². The van der Waals surface area contributed by atoms with Crippen molar-refractivity contribution in [2.24, 2.45) is 4.99 Å². The highest BCUT2D eigenvalue weighted by Crippen LogP contribution is 2.34. The van der Waals surface area contributed by atoms with Crippen molar-refractivity contribution in [2.45, 2.75) is 19.1 Å². The van der Waals surface area contributed by atoms with Crippen molar-refractivity contribution in [3.8, 4) is 11.4 Å². The smallest absolute Gasteiger partial charge is 0.269 e. The van der Waals surface area contributed by atoms with E-state index >= 15 is 0 Å². The van der Waals surface area contributed by atoms with Gasteiger partial charge in [-0.1, -0.05) is 24.3 Å². The molecule has 2 aromatic carbocycles. The van der Waals surface area contributed by atoms with Crippen molar-refractivity contribution in [2.75, 3.05) is 24.5 Å². The standard InChI is InChI=1S/C23H24N6O2.H2/c30-22(27-23-24-11-3-12-25-23)21-16-28(19-5-1-2-6-20(19)31-21)15-17-7-9-18(10-8-17)29-14-4-13-26-29;/h1-2,4-10,13-14,21H,3,11-12,15-16H2,(H2,24,25,27,30);1H. The van der Waals surface area contributed by atoms with Gasteiger partial charge in [-0.2, -0.15) is 5.10 Å². The second-order valence-electron chi connectivity index (χ2n) is 7.57. The van der Waals surface area contributed by atoms with Crippen molar-refractivity contribution >= 4 is 17.6 Å². The van der Waals surface area contributed by atoms with Crippen LogP contribution in [0.3, 0.4) is 0 Å². The second kappa shape index (κ2) is 8.51. The molecule has 2 N–H and O–H groups in total. The number of rotatable bonds is 4. The minimum atomic E-state index is -0.621. The number of para-hydroxylation sites is 2. The van der Waals surface area contributed by atoms with Gasteiger partial charge in [0.1, 0.15) is 5.75 Å². The molecule has 3 heterocycles. The van der Waals surface area contributed by atoms with E-state index in [0.717, 1.165) is 36.4 Å². The molecule has 0 bridgehead atoms. The number of aromatic nitrogens is 2. The number of carbonyl (C=O) groups is 1. The number of benzene rings is 2. The average molecular weight is 419 g/mol. The Hall–Kier alpha value is -3.81. The summed E-state index contributed by atoms with van der Waals surface area (Å²) < 4.78 is 7.85. The van der Waals surface area contributed by atoms with E-state index in [-0.39, 0.29) is 7.33 Å². The van der Waals surface area contributed by atoms with Crippen molar-refractivity contribution < 1.29 is 11.0 Å². The number of carbonyl (C=O) groups excluding carboxylic acids is 1. The first-order valence-electron chi connectivity index (χ1n) is 10.4. The number of nitrogens with zero attached hydrogens (tertiary/aromatic N) is 4. The van der Waals surface area contributed by atoms with Crippen LogP contribution in [0.2, 0.25) is 0 Å². The van der Waals surface area contributed by atoms with Gasteiger partial charge in [-0.15, -0.1) is 0 Å². The summed E-state index contributed by atoms with van der Waals surface area (Å²) in [7, 11) is 0. The van der Waals surface area contributed by atoms with Crippen LogP contribution in [-0.2, 0) is 11.3 Å². The van der Waals surface area contributed by atoms with E-state index in [0.29, 0.717) is 24.8 Å². The van der Waals surface area contributed by atoms with E-state index in [1.807, 2.05) is 53.3 Å². The predicted molar refractivity (Wildman–Crippen MR) is 121 cm³/mol. The second-order valence-corrected chi connectivity index (χ2v) is 7.57. The van der Waals surface area contributed by atoms with E-state index in [1.165, 1.54) is 0 Å². The third-order valence-corrected chi connectivity index (χ3v) is 5.37. The number of aliphatic imine (C=N–C) groups is 1. The first kappa shape index (κ1) is 19.2. The molecule has 8 heteroatoms. The first-order chi connectivity index (χ1) is 15.3. The van der Waals surface area contributed by atoms with Crippen molar-refractivity contribution in [3.63, 3.8) is 0 Å². The zero-order valence-corrected chi connectivity index (χ0v) is 17.1. The molecular formula is C23H26N6O2. The summed E-state index contributed by atoms with van der Waals surface area (Å²) in [6.07, 6.45) is 4.03. The molecule has 1 aromatic heterocycles. The number of guanidine groups is 1. The average Bonchev–Trinajstić information content (AvgIpc) is 3.35. The molecule has 0 saturated carbocycles. The molecule has 8 nitrogen and oxygen atoms in total. The summed E-state index contributed by atoms with van der Waals surface area (Å²) in [5.41, 5.74) is 3.13. The number of fused-ring (bicyclic) bond motifs is 1. The Morgan fingerprint density at radius 2 is 2.06 bits per heavy atom. The largest absolute Gasteiger partial charge is 0.477 e. The van der Waals surface area contributed by atoms with E-state index in [9.17, 15) is 4.79 Å². The van der Waals surface area contributed by atoms with Crippen LogP contribution in [0.5, 0.6) is 5.75 Å². The Balaban J connectivity index is 0.00000245. The molecule has 1 unspecified atom stereocenters. The Morgan fingerprint density at radius 1 is 1.19 bits per heavy atom. The Bertz CT molecular complexity index is 1080. The normalized spacial score (nSPS) is 17.7. The van der Waals surface area contributed by atoms with Gasteiger partial charge >= 0.3 is 0 Å². The molecule has 160 valence electrons. The zero-order chi connectivity index (χ0) is 21.0. The van der Waals surface area contributed by atoms with Crippen LogP contribution in [-0.4, -0.2) is 47.4 Å². The van der Waals surface area contributed by atoms with Crippen LogP contribution in [0.1, 0.15) is 13.4 Å². The fourth-order valence-electron chi connectivity index (χ4n) is 3.80. The number of nitrogens with one attached hydrogen (secondary N) is 2. The van der Waals surface area contributed by atoms with Crippen LogP contribution in [0.4, 0.5) is 5.69 Å². The monoisotopic (exact) mass is 418 g/mol. The van der Waals surface area contributed by atoms with Gasteiger partial charge in [0.15, 0.2) is 12.1 Å². The predicted octanol–water partition coefficient (Wildman–Crippen LogP) is 2.35. The molecule has 0 fully saturated rings. The number of amides is 1. The molecular weight excluding hydrogens is 392 g/mol. The number of hydrogen-bond acceptors (Lipinski definition) is 6. The fourth-order valence-corrected chi connectivity index (χ4v) is 3.80. The lowest BCUT2D eigenvalue weighted by Crippen LogP contribution is -2.53. The highest BCUT2D eigenvalue weighted by Gasteiger charge is 2.31. The third-order valence-electron chi connectivity index (χ3n) is 5.37. The summed E-state index contributed by atoms with van der Waals surface area (Å²) in [5, 5.41) is 10.3. The minimum absolute atomic E-state index is 0. The molecule has 3 aromatic rings. The highest BCUT2D eigenvalue weighted by atomic mass is 16.5. The van der Waals surface area contributed by atoms with Crippen molar-refractivity contribution in [1.82, 2.24) is 20.4 Å². The molecule has 5 rings (SSSR count). The van der Waals surface area contributed by atoms with Crippen molar-refractivity contribution in [3.05, 3.63) is 72.6 Å². The quantitative estimate of drug-likeness (QED) is 0.680. The van der Waals surface area contributed by atoms with Gasteiger partial charge in [0, 0.05) is 33.5 Å². The fraction of sp³-hybridized carbons (Fsp3) is 0.261. The number of anilines is 1. The molecule has 2 aliphatic heterocycles.